The number of rotatable bonds is 2. The maximum Gasteiger partial charge on any atom is 0.147 e. The first-order valence-corrected chi connectivity index (χ1v) is 13.9. The Balaban J connectivity index is 1.98. The number of aryl methyl sites for hydroxylation is 6. The fourth-order valence-corrected chi connectivity index (χ4v) is 6.51. The molecule has 3 heterocycles. The van der Waals surface area contributed by atoms with E-state index in [2.05, 4.69) is 127 Å². The van der Waals surface area contributed by atoms with Gasteiger partial charge in [0.15, 0.2) is 0 Å². The molecule has 3 nitrogen and oxygen atoms in total. The molecule has 0 fully saturated rings. The van der Waals surface area contributed by atoms with E-state index in [1.807, 2.05) is 0 Å². The van der Waals surface area contributed by atoms with Crippen LogP contribution in [0.1, 0.15) is 59.8 Å². The molecule has 3 aromatic carbocycles. The number of nitrogens with zero attached hydrogens (tertiary/aromatic N) is 3. The lowest BCUT2D eigenvalue weighted by Crippen LogP contribution is -2.14. The number of hydrogen-bond acceptors (Lipinski definition) is 2. The normalized spacial score (nSPS) is 12.2. The molecule has 0 N–H and O–H groups in total. The lowest BCUT2D eigenvalue weighted by molar-refractivity contribution is 0.571. The molecule has 6 aromatic rings. The maximum atomic E-state index is 5.46. The number of fused-ring (bicyclic) bond motifs is 5. The molecule has 0 aliphatic rings. The number of para-hydroxylation sites is 2. The van der Waals surface area contributed by atoms with Gasteiger partial charge in [-0.25, -0.2) is 4.98 Å². The van der Waals surface area contributed by atoms with E-state index in [0.717, 1.165) is 33.3 Å². The Morgan fingerprint density at radius 2 is 1.18 bits per heavy atom. The summed E-state index contributed by atoms with van der Waals surface area (Å²) in [6.45, 7) is 20.0. The summed E-state index contributed by atoms with van der Waals surface area (Å²) in [4.78, 5) is 10.7. The highest BCUT2D eigenvalue weighted by Gasteiger charge is 2.27. The maximum absolute atomic E-state index is 5.46. The lowest BCUT2D eigenvalue weighted by Gasteiger charge is -2.24. The van der Waals surface area contributed by atoms with E-state index >= 15 is 0 Å². The van der Waals surface area contributed by atoms with Crippen molar-refractivity contribution in [1.82, 2.24) is 14.4 Å². The summed E-state index contributed by atoms with van der Waals surface area (Å²) in [5.41, 5.74) is 17.6. The molecule has 39 heavy (non-hydrogen) atoms. The number of aromatic nitrogens is 3. The minimum absolute atomic E-state index is 0.0784. The van der Waals surface area contributed by atoms with Crippen LogP contribution >= 0.6 is 0 Å². The van der Waals surface area contributed by atoms with Crippen molar-refractivity contribution < 1.29 is 0 Å². The van der Waals surface area contributed by atoms with Gasteiger partial charge in [-0.05, 0) is 93.6 Å². The van der Waals surface area contributed by atoms with Crippen molar-refractivity contribution in [2.75, 3.05) is 0 Å². The van der Waals surface area contributed by atoms with Gasteiger partial charge < -0.3 is 0 Å². The second kappa shape index (κ2) is 8.77. The summed E-state index contributed by atoms with van der Waals surface area (Å²) in [6, 6.07) is 22.1. The Morgan fingerprint density at radius 1 is 0.615 bits per heavy atom. The van der Waals surface area contributed by atoms with Crippen LogP contribution in [0, 0.1) is 41.5 Å². The minimum atomic E-state index is -0.0784. The van der Waals surface area contributed by atoms with E-state index in [-0.39, 0.29) is 5.41 Å². The predicted octanol–water partition coefficient (Wildman–Crippen LogP) is 9.52. The van der Waals surface area contributed by atoms with E-state index in [1.54, 1.807) is 0 Å². The van der Waals surface area contributed by atoms with Gasteiger partial charge in [0.1, 0.15) is 5.65 Å². The van der Waals surface area contributed by atoms with Gasteiger partial charge in [0.05, 0.1) is 22.2 Å². The standard InChI is InChI=1S/C36H37N3/c1-20-16-22(3)30(23(4)17-20)32-33-26(14-15-29(38-33)36(7,8)9)35-37-27-12-10-11-13-28(27)39(35)34(32)31-24(5)18-21(2)19-25(31)6/h10-19H,1-9H3. The fraction of sp³-hybridized carbons (Fsp3) is 0.278. The average molecular weight is 512 g/mol. The molecule has 3 heteroatoms. The van der Waals surface area contributed by atoms with Gasteiger partial charge in [-0.2, -0.15) is 0 Å². The van der Waals surface area contributed by atoms with Crippen LogP contribution in [0.5, 0.6) is 0 Å². The zero-order valence-corrected chi connectivity index (χ0v) is 24.6. The van der Waals surface area contributed by atoms with E-state index in [4.69, 9.17) is 9.97 Å². The number of pyridine rings is 2. The van der Waals surface area contributed by atoms with Gasteiger partial charge in [-0.3, -0.25) is 9.38 Å². The first kappa shape index (κ1) is 25.3. The van der Waals surface area contributed by atoms with Crippen molar-refractivity contribution in [2.45, 2.75) is 67.7 Å². The Labute approximate surface area is 231 Å². The van der Waals surface area contributed by atoms with Crippen LogP contribution in [0.2, 0.25) is 0 Å². The highest BCUT2D eigenvalue weighted by atomic mass is 15.0. The molecular formula is C36H37N3. The summed E-state index contributed by atoms with van der Waals surface area (Å²) < 4.78 is 2.40. The van der Waals surface area contributed by atoms with Crippen molar-refractivity contribution in [1.29, 1.82) is 0 Å². The molecule has 0 amide bonds. The van der Waals surface area contributed by atoms with Crippen molar-refractivity contribution >= 4 is 27.6 Å². The number of benzene rings is 3. The van der Waals surface area contributed by atoms with Crippen molar-refractivity contribution in [2.24, 2.45) is 0 Å². The van der Waals surface area contributed by atoms with E-state index in [0.29, 0.717) is 0 Å². The van der Waals surface area contributed by atoms with Crippen LogP contribution in [-0.4, -0.2) is 14.4 Å². The van der Waals surface area contributed by atoms with Crippen molar-refractivity contribution in [3.05, 3.63) is 99.7 Å². The molecule has 0 aliphatic carbocycles. The van der Waals surface area contributed by atoms with Crippen molar-refractivity contribution in [3.8, 4) is 22.4 Å². The van der Waals surface area contributed by atoms with Crippen LogP contribution in [0.4, 0.5) is 0 Å². The van der Waals surface area contributed by atoms with E-state index in [9.17, 15) is 0 Å². The van der Waals surface area contributed by atoms with Crippen molar-refractivity contribution in [3.63, 3.8) is 0 Å². The first-order chi connectivity index (χ1) is 18.5. The molecule has 0 spiro atoms. The van der Waals surface area contributed by atoms with E-state index < -0.39 is 0 Å². The van der Waals surface area contributed by atoms with Gasteiger partial charge in [-0.1, -0.05) is 68.3 Å². The highest BCUT2D eigenvalue weighted by Crippen LogP contribution is 2.45. The lowest BCUT2D eigenvalue weighted by atomic mass is 9.86. The molecule has 0 saturated heterocycles. The number of imidazole rings is 1. The van der Waals surface area contributed by atoms with Crippen LogP contribution in [0.25, 0.3) is 50.0 Å². The third-order valence-electron chi connectivity index (χ3n) is 8.00. The zero-order valence-electron chi connectivity index (χ0n) is 24.6. The Kier molecular flexibility index (Phi) is 5.69. The summed E-state index contributed by atoms with van der Waals surface area (Å²) in [6.07, 6.45) is 0. The van der Waals surface area contributed by atoms with Crippen LogP contribution < -0.4 is 0 Å². The Morgan fingerprint density at radius 3 is 1.77 bits per heavy atom. The van der Waals surface area contributed by atoms with Gasteiger partial charge in [0, 0.05) is 27.6 Å². The third-order valence-corrected chi connectivity index (χ3v) is 8.00. The summed E-state index contributed by atoms with van der Waals surface area (Å²) >= 11 is 0. The molecule has 0 atom stereocenters. The highest BCUT2D eigenvalue weighted by molar-refractivity contribution is 6.10. The molecule has 0 radical (unpaired) electrons. The molecule has 3 aromatic heterocycles. The van der Waals surface area contributed by atoms with Gasteiger partial charge in [0.2, 0.25) is 0 Å². The summed E-state index contributed by atoms with van der Waals surface area (Å²) in [7, 11) is 0. The minimum Gasteiger partial charge on any atom is -0.291 e. The molecule has 0 saturated carbocycles. The third kappa shape index (κ3) is 3.95. The first-order valence-electron chi connectivity index (χ1n) is 13.9. The molecule has 0 bridgehead atoms. The van der Waals surface area contributed by atoms with Crippen LogP contribution in [0.3, 0.4) is 0 Å². The zero-order chi connectivity index (χ0) is 27.8. The Hall–Kier alpha value is -3.98. The summed E-state index contributed by atoms with van der Waals surface area (Å²) in [5.74, 6) is 0. The molecule has 0 unspecified atom stereocenters. The molecule has 196 valence electrons. The monoisotopic (exact) mass is 511 g/mol. The number of hydrogen-bond donors (Lipinski definition) is 0. The van der Waals surface area contributed by atoms with Crippen LogP contribution in [-0.2, 0) is 5.41 Å². The SMILES string of the molecule is Cc1cc(C)c(-c2c(-c3c(C)cc(C)cc3C)n3c4ccccc4nc3c3ccc(C(C)(C)C)nc23)c(C)c1. The van der Waals surface area contributed by atoms with E-state index in [1.165, 1.54) is 55.8 Å². The quantitative estimate of drug-likeness (QED) is 0.232. The fourth-order valence-electron chi connectivity index (χ4n) is 6.51. The average Bonchev–Trinajstić information content (AvgIpc) is 3.23. The predicted molar refractivity (Wildman–Crippen MR) is 166 cm³/mol. The topological polar surface area (TPSA) is 30.2 Å². The smallest absolute Gasteiger partial charge is 0.147 e. The van der Waals surface area contributed by atoms with Gasteiger partial charge >= 0.3 is 0 Å². The van der Waals surface area contributed by atoms with Gasteiger partial charge in [0.25, 0.3) is 0 Å². The summed E-state index contributed by atoms with van der Waals surface area (Å²) in [5, 5.41) is 1.08. The largest absolute Gasteiger partial charge is 0.291 e. The van der Waals surface area contributed by atoms with Crippen LogP contribution in [0.15, 0.2) is 60.7 Å². The molecule has 0 aliphatic heterocycles. The molecular weight excluding hydrogens is 474 g/mol. The Bertz CT molecular complexity index is 1900. The second-order valence-corrected chi connectivity index (χ2v) is 12.4. The molecule has 6 rings (SSSR count). The second-order valence-electron chi connectivity index (χ2n) is 12.4. The van der Waals surface area contributed by atoms with Gasteiger partial charge in [-0.15, -0.1) is 0 Å².